The van der Waals surface area contributed by atoms with Crippen molar-refractivity contribution in [1.82, 2.24) is 10.3 Å². The lowest BCUT2D eigenvalue weighted by molar-refractivity contribution is 0.553. The van der Waals surface area contributed by atoms with Gasteiger partial charge in [0, 0.05) is 24.5 Å². The molecular weight excluding hydrogens is 278 g/mol. The summed E-state index contributed by atoms with van der Waals surface area (Å²) in [5, 5.41) is 4.74. The maximum Gasteiger partial charge on any atom is 0.185 e. The number of hydrogen-bond acceptors (Lipinski definition) is 4. The largest absolute Gasteiger partial charge is 0.348 e. The van der Waals surface area contributed by atoms with Crippen molar-refractivity contribution in [2.45, 2.75) is 72.9 Å². The molecule has 0 amide bonds. The summed E-state index contributed by atoms with van der Waals surface area (Å²) in [6.07, 6.45) is 4.70. The average molecular weight is 312 g/mol. The number of aromatic nitrogens is 1. The SMILES string of the molecule is CCCc1nc(N(C)C(C)CCC)sc1CNCC(C)C. The first kappa shape index (κ1) is 18.4. The molecule has 1 rings (SSSR count). The van der Waals surface area contributed by atoms with Crippen molar-refractivity contribution in [3.63, 3.8) is 0 Å². The normalized spacial score (nSPS) is 12.9. The van der Waals surface area contributed by atoms with E-state index in [-0.39, 0.29) is 0 Å². The van der Waals surface area contributed by atoms with Crippen molar-refractivity contribution in [2.75, 3.05) is 18.5 Å². The highest BCUT2D eigenvalue weighted by atomic mass is 32.1. The van der Waals surface area contributed by atoms with Gasteiger partial charge in [-0.3, -0.25) is 0 Å². The molecule has 1 atom stereocenters. The van der Waals surface area contributed by atoms with Gasteiger partial charge in [-0.2, -0.15) is 0 Å². The molecule has 1 aromatic rings. The van der Waals surface area contributed by atoms with Gasteiger partial charge in [0.15, 0.2) is 5.13 Å². The molecule has 21 heavy (non-hydrogen) atoms. The molecule has 0 bridgehead atoms. The highest BCUT2D eigenvalue weighted by molar-refractivity contribution is 7.15. The molecule has 3 nitrogen and oxygen atoms in total. The second-order valence-electron chi connectivity index (χ2n) is 6.39. The van der Waals surface area contributed by atoms with Crippen molar-refractivity contribution in [1.29, 1.82) is 0 Å². The third-order valence-corrected chi connectivity index (χ3v) is 4.95. The Balaban J connectivity index is 2.77. The van der Waals surface area contributed by atoms with Crippen molar-refractivity contribution in [3.05, 3.63) is 10.6 Å². The standard InChI is InChI=1S/C17H33N3S/c1-7-9-14(5)20(6)17-19-15(10-8-2)16(21-17)12-18-11-13(3)4/h13-14,18H,7-12H2,1-6H3. The van der Waals surface area contributed by atoms with Crippen LogP contribution in [0.3, 0.4) is 0 Å². The Morgan fingerprint density at radius 2 is 1.90 bits per heavy atom. The molecule has 0 radical (unpaired) electrons. The number of nitrogens with one attached hydrogen (secondary N) is 1. The fraction of sp³-hybridized carbons (Fsp3) is 0.824. The number of thiazole rings is 1. The van der Waals surface area contributed by atoms with Crippen molar-refractivity contribution >= 4 is 16.5 Å². The summed E-state index contributed by atoms with van der Waals surface area (Å²) in [5.41, 5.74) is 1.30. The maximum absolute atomic E-state index is 4.91. The van der Waals surface area contributed by atoms with Gasteiger partial charge in [0.1, 0.15) is 0 Å². The molecule has 0 fully saturated rings. The van der Waals surface area contributed by atoms with E-state index in [1.165, 1.54) is 28.5 Å². The Morgan fingerprint density at radius 3 is 2.48 bits per heavy atom. The van der Waals surface area contributed by atoms with Gasteiger partial charge in [0.25, 0.3) is 0 Å². The second-order valence-corrected chi connectivity index (χ2v) is 7.45. The number of anilines is 1. The van der Waals surface area contributed by atoms with E-state index in [0.717, 1.165) is 25.9 Å². The zero-order valence-corrected chi connectivity index (χ0v) is 15.5. The zero-order chi connectivity index (χ0) is 15.8. The molecule has 1 N–H and O–H groups in total. The third-order valence-electron chi connectivity index (χ3n) is 3.76. The molecule has 0 aliphatic rings. The summed E-state index contributed by atoms with van der Waals surface area (Å²) >= 11 is 1.87. The third kappa shape index (κ3) is 5.95. The van der Waals surface area contributed by atoms with E-state index >= 15 is 0 Å². The highest BCUT2D eigenvalue weighted by Gasteiger charge is 2.16. The van der Waals surface area contributed by atoms with Crippen LogP contribution in [0.1, 0.15) is 64.5 Å². The van der Waals surface area contributed by atoms with Gasteiger partial charge >= 0.3 is 0 Å². The van der Waals surface area contributed by atoms with E-state index < -0.39 is 0 Å². The number of aryl methyl sites for hydroxylation is 1. The zero-order valence-electron chi connectivity index (χ0n) is 14.7. The van der Waals surface area contributed by atoms with Crippen LogP contribution >= 0.6 is 11.3 Å². The summed E-state index contributed by atoms with van der Waals surface area (Å²) in [5.74, 6) is 0.694. The van der Waals surface area contributed by atoms with Crippen molar-refractivity contribution in [2.24, 2.45) is 5.92 Å². The minimum atomic E-state index is 0.562. The smallest absolute Gasteiger partial charge is 0.185 e. The average Bonchev–Trinajstić information content (AvgIpc) is 2.81. The molecule has 0 aliphatic heterocycles. The molecule has 0 aliphatic carbocycles. The topological polar surface area (TPSA) is 28.2 Å². The molecule has 0 spiro atoms. The Morgan fingerprint density at radius 1 is 1.19 bits per heavy atom. The predicted molar refractivity (Wildman–Crippen MR) is 95.4 cm³/mol. The van der Waals surface area contributed by atoms with Crippen LogP contribution < -0.4 is 10.2 Å². The molecule has 0 aromatic carbocycles. The Bertz CT molecular complexity index is 401. The first-order valence-electron chi connectivity index (χ1n) is 8.41. The van der Waals surface area contributed by atoms with E-state index in [9.17, 15) is 0 Å². The van der Waals surface area contributed by atoms with Gasteiger partial charge in [0.2, 0.25) is 0 Å². The number of rotatable bonds is 10. The molecule has 1 aromatic heterocycles. The quantitative estimate of drug-likeness (QED) is 0.691. The summed E-state index contributed by atoms with van der Waals surface area (Å²) < 4.78 is 0. The van der Waals surface area contributed by atoms with Gasteiger partial charge in [-0.25, -0.2) is 4.98 Å². The van der Waals surface area contributed by atoms with Gasteiger partial charge in [-0.15, -0.1) is 11.3 Å². The number of hydrogen-bond donors (Lipinski definition) is 1. The van der Waals surface area contributed by atoms with Crippen LogP contribution in [0.15, 0.2) is 0 Å². The van der Waals surface area contributed by atoms with Crippen molar-refractivity contribution in [3.8, 4) is 0 Å². The van der Waals surface area contributed by atoms with Crippen LogP contribution in [0, 0.1) is 5.92 Å². The molecular formula is C17H33N3S. The fourth-order valence-electron chi connectivity index (χ4n) is 2.37. The summed E-state index contributed by atoms with van der Waals surface area (Å²) in [4.78, 5) is 8.67. The lowest BCUT2D eigenvalue weighted by atomic mass is 10.2. The summed E-state index contributed by atoms with van der Waals surface area (Å²) in [6.45, 7) is 13.3. The molecule has 1 heterocycles. The maximum atomic E-state index is 4.91. The van der Waals surface area contributed by atoms with Crippen molar-refractivity contribution < 1.29 is 0 Å². The van der Waals surface area contributed by atoms with Crippen LogP contribution in [0.25, 0.3) is 0 Å². The first-order chi connectivity index (χ1) is 9.99. The van der Waals surface area contributed by atoms with E-state index in [1.54, 1.807) is 0 Å². The fourth-order valence-corrected chi connectivity index (χ4v) is 3.51. The Labute approximate surface area is 135 Å². The van der Waals surface area contributed by atoms with Crippen LogP contribution in [-0.4, -0.2) is 24.6 Å². The van der Waals surface area contributed by atoms with Crippen LogP contribution in [0.2, 0.25) is 0 Å². The second kappa shape index (κ2) is 9.42. The summed E-state index contributed by atoms with van der Waals surface area (Å²) in [7, 11) is 2.18. The van der Waals surface area contributed by atoms with Gasteiger partial charge in [0.05, 0.1) is 5.69 Å². The predicted octanol–water partition coefficient (Wildman–Crippen LogP) is 4.47. The monoisotopic (exact) mass is 311 g/mol. The lowest BCUT2D eigenvalue weighted by Gasteiger charge is -2.23. The first-order valence-corrected chi connectivity index (χ1v) is 9.23. The van der Waals surface area contributed by atoms with Gasteiger partial charge in [-0.1, -0.05) is 40.5 Å². The summed E-state index contributed by atoms with van der Waals surface area (Å²) in [6, 6.07) is 0.562. The van der Waals surface area contributed by atoms with Gasteiger partial charge < -0.3 is 10.2 Å². The van der Waals surface area contributed by atoms with Gasteiger partial charge in [-0.05, 0) is 32.2 Å². The lowest BCUT2D eigenvalue weighted by Crippen LogP contribution is -2.28. The van der Waals surface area contributed by atoms with E-state index in [2.05, 4.69) is 51.9 Å². The van der Waals surface area contributed by atoms with Crippen LogP contribution in [0.5, 0.6) is 0 Å². The molecule has 0 saturated heterocycles. The highest BCUT2D eigenvalue weighted by Crippen LogP contribution is 2.28. The Hall–Kier alpha value is -0.610. The Kier molecular flexibility index (Phi) is 8.27. The number of nitrogens with zero attached hydrogens (tertiary/aromatic N) is 2. The van der Waals surface area contributed by atoms with E-state index in [4.69, 9.17) is 4.98 Å². The minimum absolute atomic E-state index is 0.562. The minimum Gasteiger partial charge on any atom is -0.348 e. The van der Waals surface area contributed by atoms with E-state index in [0.29, 0.717) is 12.0 Å². The molecule has 0 saturated carbocycles. The molecule has 122 valence electrons. The molecule has 1 unspecified atom stereocenters. The van der Waals surface area contributed by atoms with E-state index in [1.807, 2.05) is 11.3 Å². The molecule has 4 heteroatoms. The van der Waals surface area contributed by atoms with Crippen LogP contribution in [0.4, 0.5) is 5.13 Å². The van der Waals surface area contributed by atoms with Crippen LogP contribution in [-0.2, 0) is 13.0 Å².